The number of hydrogen-bond acceptors (Lipinski definition) is 1. The quantitative estimate of drug-likeness (QED) is 0.830. The van der Waals surface area contributed by atoms with Crippen LogP contribution in [0, 0.1) is 0 Å². The molecule has 0 aliphatic heterocycles. The lowest BCUT2D eigenvalue weighted by atomic mass is 10.2. The van der Waals surface area contributed by atoms with E-state index in [0.717, 1.165) is 29.4 Å². The van der Waals surface area contributed by atoms with Crippen molar-refractivity contribution in [1.82, 2.24) is 9.38 Å². The first-order valence-corrected chi connectivity index (χ1v) is 6.21. The third-order valence-electron chi connectivity index (χ3n) is 2.61. The predicted octanol–water partition coefficient (Wildman–Crippen LogP) is 3.61. The van der Waals surface area contributed by atoms with Gasteiger partial charge in [0, 0.05) is 11.9 Å². The van der Waals surface area contributed by atoms with Crippen LogP contribution in [0.4, 0.5) is 0 Å². The highest BCUT2D eigenvalue weighted by atomic mass is 79.9. The molecule has 0 saturated carbocycles. The van der Waals surface area contributed by atoms with Crippen LogP contribution in [0.1, 0.15) is 31.7 Å². The molecule has 2 heterocycles. The monoisotopic (exact) mass is 266 g/mol. The molecule has 0 unspecified atom stereocenters. The van der Waals surface area contributed by atoms with Crippen molar-refractivity contribution in [3.05, 3.63) is 34.2 Å². The summed E-state index contributed by atoms with van der Waals surface area (Å²) in [6, 6.07) is 4.09. The van der Waals surface area contributed by atoms with Crippen molar-refractivity contribution in [2.24, 2.45) is 0 Å². The van der Waals surface area contributed by atoms with Gasteiger partial charge < -0.3 is 4.40 Å². The van der Waals surface area contributed by atoms with E-state index in [9.17, 15) is 0 Å². The van der Waals surface area contributed by atoms with E-state index in [1.165, 1.54) is 11.4 Å². The van der Waals surface area contributed by atoms with Crippen molar-refractivity contribution in [2.45, 2.75) is 33.1 Å². The summed E-state index contributed by atoms with van der Waals surface area (Å²) in [4.78, 5) is 4.69. The summed E-state index contributed by atoms with van der Waals surface area (Å²) in [6.07, 6.45) is 5.34. The summed E-state index contributed by atoms with van der Waals surface area (Å²) in [5.74, 6) is 0. The molecule has 2 aromatic rings. The van der Waals surface area contributed by atoms with E-state index < -0.39 is 0 Å². The highest BCUT2D eigenvalue weighted by Gasteiger charge is 2.10. The first kappa shape index (κ1) is 10.7. The van der Waals surface area contributed by atoms with Crippen LogP contribution in [0.25, 0.3) is 5.65 Å². The van der Waals surface area contributed by atoms with Gasteiger partial charge in [-0.3, -0.25) is 0 Å². The van der Waals surface area contributed by atoms with Crippen LogP contribution in [0.3, 0.4) is 0 Å². The summed E-state index contributed by atoms with van der Waals surface area (Å²) >= 11 is 3.54. The molecule has 0 radical (unpaired) electrons. The minimum atomic E-state index is 1.03. The molecule has 0 aliphatic rings. The maximum absolute atomic E-state index is 4.69. The molecular formula is C12H15BrN2. The second-order valence-electron chi connectivity index (χ2n) is 3.66. The first-order valence-electron chi connectivity index (χ1n) is 5.42. The van der Waals surface area contributed by atoms with E-state index >= 15 is 0 Å². The van der Waals surface area contributed by atoms with Gasteiger partial charge in [-0.05, 0) is 40.9 Å². The zero-order valence-corrected chi connectivity index (χ0v) is 10.7. The normalized spacial score (nSPS) is 11.1. The fourth-order valence-electron chi connectivity index (χ4n) is 1.94. The van der Waals surface area contributed by atoms with Gasteiger partial charge in [0.1, 0.15) is 0 Å². The number of pyridine rings is 1. The third kappa shape index (κ3) is 1.81. The SMILES string of the molecule is CCCc1nc2c(Br)cccn2c1CC. The number of aryl methyl sites for hydroxylation is 2. The van der Waals surface area contributed by atoms with Gasteiger partial charge in [0.15, 0.2) is 5.65 Å². The second kappa shape index (κ2) is 4.35. The number of halogens is 1. The zero-order valence-electron chi connectivity index (χ0n) is 9.13. The van der Waals surface area contributed by atoms with Crippen LogP contribution < -0.4 is 0 Å². The Bertz CT molecular complexity index is 474. The Morgan fingerprint density at radius 1 is 1.40 bits per heavy atom. The standard InChI is InChI=1S/C12H15BrN2/c1-3-6-10-11(4-2)15-8-5-7-9(13)12(15)14-10/h5,7-8H,3-4,6H2,1-2H3. The number of imidazole rings is 1. The van der Waals surface area contributed by atoms with Crippen LogP contribution in [0.2, 0.25) is 0 Å². The van der Waals surface area contributed by atoms with Crippen molar-refractivity contribution >= 4 is 21.6 Å². The Labute approximate surface area is 98.5 Å². The highest BCUT2D eigenvalue weighted by molar-refractivity contribution is 9.10. The number of aromatic nitrogens is 2. The molecule has 0 saturated heterocycles. The number of nitrogens with zero attached hydrogens (tertiary/aromatic N) is 2. The van der Waals surface area contributed by atoms with Crippen molar-refractivity contribution in [3.63, 3.8) is 0 Å². The molecule has 0 aromatic carbocycles. The van der Waals surface area contributed by atoms with E-state index in [1.807, 2.05) is 12.1 Å². The zero-order chi connectivity index (χ0) is 10.8. The molecule has 0 fully saturated rings. The number of fused-ring (bicyclic) bond motifs is 1. The molecular weight excluding hydrogens is 252 g/mol. The molecule has 0 amide bonds. The van der Waals surface area contributed by atoms with E-state index in [1.54, 1.807) is 0 Å². The van der Waals surface area contributed by atoms with Crippen LogP contribution in [-0.2, 0) is 12.8 Å². The highest BCUT2D eigenvalue weighted by Crippen LogP contribution is 2.21. The Balaban J connectivity index is 2.67. The molecule has 80 valence electrons. The molecule has 3 heteroatoms. The lowest BCUT2D eigenvalue weighted by Gasteiger charge is -2.00. The third-order valence-corrected chi connectivity index (χ3v) is 3.22. The summed E-state index contributed by atoms with van der Waals surface area (Å²) in [5.41, 5.74) is 3.62. The molecule has 0 aliphatic carbocycles. The van der Waals surface area contributed by atoms with Gasteiger partial charge in [0.05, 0.1) is 10.2 Å². The van der Waals surface area contributed by atoms with Crippen molar-refractivity contribution in [1.29, 1.82) is 0 Å². The largest absolute Gasteiger partial charge is 0.303 e. The Hall–Kier alpha value is -0.830. The summed E-state index contributed by atoms with van der Waals surface area (Å²) in [5, 5.41) is 0. The molecule has 2 aromatic heterocycles. The Morgan fingerprint density at radius 3 is 2.87 bits per heavy atom. The minimum Gasteiger partial charge on any atom is -0.303 e. The Morgan fingerprint density at radius 2 is 2.20 bits per heavy atom. The molecule has 0 spiro atoms. The smallest absolute Gasteiger partial charge is 0.151 e. The summed E-state index contributed by atoms with van der Waals surface area (Å²) in [6.45, 7) is 4.38. The molecule has 2 rings (SSSR count). The molecule has 15 heavy (non-hydrogen) atoms. The van der Waals surface area contributed by atoms with Crippen molar-refractivity contribution in [2.75, 3.05) is 0 Å². The van der Waals surface area contributed by atoms with Crippen LogP contribution in [0.5, 0.6) is 0 Å². The summed E-state index contributed by atoms with van der Waals surface area (Å²) < 4.78 is 3.26. The van der Waals surface area contributed by atoms with Crippen molar-refractivity contribution < 1.29 is 0 Å². The molecule has 0 atom stereocenters. The lowest BCUT2D eigenvalue weighted by molar-refractivity contribution is 0.860. The van der Waals surface area contributed by atoms with Crippen molar-refractivity contribution in [3.8, 4) is 0 Å². The maximum atomic E-state index is 4.69. The number of rotatable bonds is 3. The molecule has 2 nitrogen and oxygen atoms in total. The van der Waals surface area contributed by atoms with Gasteiger partial charge in [0.25, 0.3) is 0 Å². The number of hydrogen-bond donors (Lipinski definition) is 0. The molecule has 0 bridgehead atoms. The first-order chi connectivity index (χ1) is 7.27. The average Bonchev–Trinajstić information content (AvgIpc) is 2.58. The van der Waals surface area contributed by atoms with Crippen LogP contribution >= 0.6 is 15.9 Å². The average molecular weight is 267 g/mol. The van der Waals surface area contributed by atoms with Gasteiger partial charge in [-0.2, -0.15) is 0 Å². The fourth-order valence-corrected chi connectivity index (χ4v) is 2.37. The maximum Gasteiger partial charge on any atom is 0.151 e. The van der Waals surface area contributed by atoms with Crippen LogP contribution in [-0.4, -0.2) is 9.38 Å². The van der Waals surface area contributed by atoms with Gasteiger partial charge in [-0.25, -0.2) is 4.98 Å². The van der Waals surface area contributed by atoms with Gasteiger partial charge in [0.2, 0.25) is 0 Å². The van der Waals surface area contributed by atoms with E-state index in [4.69, 9.17) is 0 Å². The fraction of sp³-hybridized carbons (Fsp3) is 0.417. The van der Waals surface area contributed by atoms with E-state index in [0.29, 0.717) is 0 Å². The lowest BCUT2D eigenvalue weighted by Crippen LogP contribution is -1.94. The topological polar surface area (TPSA) is 17.3 Å². The van der Waals surface area contributed by atoms with Gasteiger partial charge in [-0.15, -0.1) is 0 Å². The van der Waals surface area contributed by atoms with E-state index in [2.05, 4.69) is 45.4 Å². The van der Waals surface area contributed by atoms with E-state index in [-0.39, 0.29) is 0 Å². The van der Waals surface area contributed by atoms with Crippen LogP contribution in [0.15, 0.2) is 22.8 Å². The molecule has 0 N–H and O–H groups in total. The predicted molar refractivity (Wildman–Crippen MR) is 66.3 cm³/mol. The Kier molecular flexibility index (Phi) is 3.10. The van der Waals surface area contributed by atoms with Gasteiger partial charge >= 0.3 is 0 Å². The van der Waals surface area contributed by atoms with Gasteiger partial charge in [-0.1, -0.05) is 20.3 Å². The minimum absolute atomic E-state index is 1.03. The summed E-state index contributed by atoms with van der Waals surface area (Å²) in [7, 11) is 0. The second-order valence-corrected chi connectivity index (χ2v) is 4.51.